The lowest BCUT2D eigenvalue weighted by molar-refractivity contribution is 0.432. The molecule has 2 atom stereocenters. The largest absolute Gasteiger partial charge is 0.408 e. The minimum Gasteiger partial charge on any atom is -0.280 e. The Kier molecular flexibility index (Phi) is 3.52. The van der Waals surface area contributed by atoms with Crippen molar-refractivity contribution in [2.24, 2.45) is 5.50 Å². The van der Waals surface area contributed by atoms with E-state index in [4.69, 9.17) is 5.50 Å². The zero-order valence-corrected chi connectivity index (χ0v) is 6.61. The summed E-state index contributed by atoms with van der Waals surface area (Å²) in [7, 11) is 0.257. The number of hydrogen-bond donors (Lipinski definition) is 1. The molecule has 0 aliphatic rings. The molecule has 44 valence electrons. The Labute approximate surface area is 46.3 Å². The van der Waals surface area contributed by atoms with Crippen molar-refractivity contribution in [1.29, 1.82) is 0 Å². The Morgan fingerprint density at radius 1 is 1.43 bits per heavy atom. The van der Waals surface area contributed by atoms with Gasteiger partial charge in [-0.25, -0.2) is 10.1 Å². The first-order valence-corrected chi connectivity index (χ1v) is 3.83. The summed E-state index contributed by atoms with van der Waals surface area (Å²) in [4.78, 5) is 0. The summed E-state index contributed by atoms with van der Waals surface area (Å²) in [6.45, 7) is 0. The topological polar surface area (TPSA) is 61.6 Å². The molecule has 0 aliphatic carbocycles. The molecular formula is H6NO3P3. The summed E-state index contributed by atoms with van der Waals surface area (Å²) in [5.41, 5.74) is 4.78. The van der Waals surface area contributed by atoms with Gasteiger partial charge in [0, 0.05) is 18.9 Å². The van der Waals surface area contributed by atoms with Crippen LogP contribution in [0.4, 0.5) is 0 Å². The van der Waals surface area contributed by atoms with Gasteiger partial charge in [-0.1, -0.05) is 0 Å². The van der Waals surface area contributed by atoms with E-state index in [0.717, 1.165) is 0 Å². The van der Waals surface area contributed by atoms with Crippen LogP contribution in [0.5, 0.6) is 0 Å². The van der Waals surface area contributed by atoms with Crippen molar-refractivity contribution in [2.45, 2.75) is 0 Å². The highest BCUT2D eigenvalue weighted by atomic mass is 31.2. The van der Waals surface area contributed by atoms with Gasteiger partial charge in [0.2, 0.25) is 0 Å². The Bertz CT molecular complexity index is 82.2. The molecule has 0 bridgehead atoms. The van der Waals surface area contributed by atoms with E-state index in [2.05, 4.69) is 8.62 Å². The van der Waals surface area contributed by atoms with Crippen LogP contribution in [-0.2, 0) is 13.2 Å². The maximum absolute atomic E-state index is 10.2. The molecule has 0 fully saturated rings. The van der Waals surface area contributed by atoms with Gasteiger partial charge in [0.25, 0.3) is 0 Å². The van der Waals surface area contributed by atoms with Crippen molar-refractivity contribution in [3.05, 3.63) is 0 Å². The Hall–Kier alpha value is 0.970. The predicted molar refractivity (Wildman–Crippen MR) is 33.4 cm³/mol. The molecule has 0 rings (SSSR count). The van der Waals surface area contributed by atoms with Gasteiger partial charge < -0.3 is 0 Å². The van der Waals surface area contributed by atoms with Crippen LogP contribution in [0, 0.1) is 0 Å². The molecule has 0 amide bonds. The minimum absolute atomic E-state index is 1.74. The van der Waals surface area contributed by atoms with E-state index in [1.807, 2.05) is 0 Å². The zero-order chi connectivity index (χ0) is 5.91. The van der Waals surface area contributed by atoms with Gasteiger partial charge in [-0.3, -0.25) is 8.62 Å². The quantitative estimate of drug-likeness (QED) is 0.604. The molecule has 0 aromatic heterocycles. The molecule has 0 radical (unpaired) electrons. The van der Waals surface area contributed by atoms with Crippen LogP contribution in [0.25, 0.3) is 0 Å². The third-order valence-corrected chi connectivity index (χ3v) is 2.64. The summed E-state index contributed by atoms with van der Waals surface area (Å²) in [6, 6.07) is 0. The van der Waals surface area contributed by atoms with Crippen molar-refractivity contribution < 1.29 is 13.2 Å². The molecule has 0 heterocycles. The van der Waals surface area contributed by atoms with E-state index in [9.17, 15) is 4.57 Å². The van der Waals surface area contributed by atoms with Crippen molar-refractivity contribution in [3.63, 3.8) is 0 Å². The molecule has 0 spiro atoms. The van der Waals surface area contributed by atoms with Gasteiger partial charge in [0.1, 0.15) is 0 Å². The monoisotopic (exact) mass is 161 g/mol. The SMILES string of the molecule is NP(=O)(OP)OP. The Morgan fingerprint density at radius 2 is 1.71 bits per heavy atom. The highest BCUT2D eigenvalue weighted by molar-refractivity contribution is 7.58. The van der Waals surface area contributed by atoms with Gasteiger partial charge in [0.05, 0.1) is 0 Å². The molecule has 7 heteroatoms. The predicted octanol–water partition coefficient (Wildman–Crippen LogP) is 0.667. The second kappa shape index (κ2) is 3.09. The molecule has 4 nitrogen and oxygen atoms in total. The fraction of sp³-hybridized carbons (Fsp3) is 0. The van der Waals surface area contributed by atoms with Crippen LogP contribution >= 0.6 is 26.7 Å². The summed E-state index contributed by atoms with van der Waals surface area (Å²) >= 11 is 0. The highest BCUT2D eigenvalue weighted by Crippen LogP contribution is 2.43. The second-order valence-corrected chi connectivity index (χ2v) is 3.52. The fourth-order valence-electron chi connectivity index (χ4n) is 0.0248. The zero-order valence-electron chi connectivity index (χ0n) is 3.40. The number of hydrogen-bond acceptors (Lipinski definition) is 3. The van der Waals surface area contributed by atoms with Gasteiger partial charge in [-0.15, -0.1) is 0 Å². The third-order valence-electron chi connectivity index (χ3n) is 0.294. The normalized spacial score (nSPS) is 11.9. The molecular weight excluding hydrogens is 155 g/mol. The van der Waals surface area contributed by atoms with Crippen LogP contribution < -0.4 is 5.50 Å². The van der Waals surface area contributed by atoms with E-state index in [0.29, 0.717) is 0 Å². The average Bonchev–Trinajstić information content (AvgIpc) is 1.68. The lowest BCUT2D eigenvalue weighted by Gasteiger charge is -2.02. The van der Waals surface area contributed by atoms with Crippen LogP contribution in [0.3, 0.4) is 0 Å². The van der Waals surface area contributed by atoms with E-state index < -0.39 is 7.75 Å². The van der Waals surface area contributed by atoms with E-state index in [1.54, 1.807) is 18.9 Å². The molecule has 7 heavy (non-hydrogen) atoms. The van der Waals surface area contributed by atoms with Crippen LogP contribution in [0.2, 0.25) is 0 Å². The summed E-state index contributed by atoms with van der Waals surface area (Å²) in [5.74, 6) is 0. The Morgan fingerprint density at radius 3 is 1.71 bits per heavy atom. The van der Waals surface area contributed by atoms with Gasteiger partial charge in [-0.2, -0.15) is 0 Å². The van der Waals surface area contributed by atoms with E-state index in [1.165, 1.54) is 0 Å². The molecule has 0 aromatic carbocycles. The number of rotatable bonds is 2. The molecule has 2 unspecified atom stereocenters. The Balaban J connectivity index is 3.61. The molecule has 0 saturated heterocycles. The van der Waals surface area contributed by atoms with Gasteiger partial charge in [-0.05, 0) is 0 Å². The maximum Gasteiger partial charge on any atom is 0.408 e. The van der Waals surface area contributed by atoms with Crippen molar-refractivity contribution >= 4 is 26.7 Å². The van der Waals surface area contributed by atoms with E-state index >= 15 is 0 Å². The average molecular weight is 161 g/mol. The summed E-state index contributed by atoms with van der Waals surface area (Å²) < 4.78 is 18.4. The number of nitrogens with two attached hydrogens (primary N) is 1. The van der Waals surface area contributed by atoms with Crippen LogP contribution in [-0.4, -0.2) is 0 Å². The first-order valence-electron chi connectivity index (χ1n) is 1.28. The first-order chi connectivity index (χ1) is 3.12. The van der Waals surface area contributed by atoms with Crippen molar-refractivity contribution in [1.82, 2.24) is 0 Å². The lowest BCUT2D eigenvalue weighted by atomic mass is 13.9. The summed E-state index contributed by atoms with van der Waals surface area (Å²) in [6.07, 6.45) is 0. The minimum atomic E-state index is -3.23. The van der Waals surface area contributed by atoms with Crippen LogP contribution in [0.15, 0.2) is 0 Å². The lowest BCUT2D eigenvalue weighted by Crippen LogP contribution is -1.90. The fourth-order valence-corrected chi connectivity index (χ4v) is 0.671. The second-order valence-electron chi connectivity index (χ2n) is 0.751. The van der Waals surface area contributed by atoms with E-state index in [-0.39, 0.29) is 0 Å². The molecule has 0 aliphatic heterocycles. The van der Waals surface area contributed by atoms with Crippen molar-refractivity contribution in [3.8, 4) is 0 Å². The smallest absolute Gasteiger partial charge is 0.280 e. The summed E-state index contributed by atoms with van der Waals surface area (Å²) in [5, 5.41) is 0. The highest BCUT2D eigenvalue weighted by Gasteiger charge is 2.10. The molecule has 0 saturated carbocycles. The maximum atomic E-state index is 10.2. The third kappa shape index (κ3) is 3.54. The van der Waals surface area contributed by atoms with Gasteiger partial charge in [0.15, 0.2) is 0 Å². The van der Waals surface area contributed by atoms with Crippen LogP contribution in [0.1, 0.15) is 0 Å². The van der Waals surface area contributed by atoms with Gasteiger partial charge >= 0.3 is 7.75 Å². The molecule has 0 aromatic rings. The van der Waals surface area contributed by atoms with Crippen molar-refractivity contribution in [2.75, 3.05) is 0 Å². The first kappa shape index (κ1) is 7.97. The molecule has 2 N–H and O–H groups in total. The standard InChI is InChI=1S/H6NO3P3/c1-7(2,3-5)4-6/h5-6H2,(H2,1,2).